The molecule has 1 aromatic heterocycles. The van der Waals surface area contributed by atoms with Crippen molar-refractivity contribution < 1.29 is 5.11 Å². The Labute approximate surface area is 121 Å². The number of aromatic amines is 1. The van der Waals surface area contributed by atoms with Crippen molar-refractivity contribution >= 4 is 11.6 Å². The third-order valence-corrected chi connectivity index (χ3v) is 3.41. The Hall–Kier alpha value is -2.26. The number of aryl methyl sites for hydroxylation is 1. The highest BCUT2D eigenvalue weighted by atomic mass is 35.5. The molecule has 4 heteroatoms. The van der Waals surface area contributed by atoms with E-state index in [1.807, 2.05) is 49.4 Å². The van der Waals surface area contributed by atoms with E-state index in [1.165, 1.54) is 0 Å². The van der Waals surface area contributed by atoms with E-state index in [2.05, 4.69) is 10.2 Å². The average Bonchev–Trinajstić information content (AvgIpc) is 2.92. The number of aromatic nitrogens is 2. The lowest BCUT2D eigenvalue weighted by Gasteiger charge is -2.02. The van der Waals surface area contributed by atoms with Gasteiger partial charge in [0, 0.05) is 16.1 Å². The van der Waals surface area contributed by atoms with Gasteiger partial charge in [-0.3, -0.25) is 5.10 Å². The molecule has 2 N–H and O–H groups in total. The highest BCUT2D eigenvalue weighted by Crippen LogP contribution is 2.31. The molecular formula is C16H13ClN2O. The van der Waals surface area contributed by atoms with Crippen LogP contribution >= 0.6 is 11.6 Å². The third kappa shape index (κ3) is 2.40. The van der Waals surface area contributed by atoms with Gasteiger partial charge in [-0.2, -0.15) is 5.10 Å². The first-order chi connectivity index (χ1) is 9.63. The van der Waals surface area contributed by atoms with E-state index in [9.17, 15) is 5.11 Å². The summed E-state index contributed by atoms with van der Waals surface area (Å²) in [4.78, 5) is 0. The molecule has 2 aromatic carbocycles. The van der Waals surface area contributed by atoms with Crippen molar-refractivity contribution in [3.05, 3.63) is 59.1 Å². The molecule has 20 heavy (non-hydrogen) atoms. The van der Waals surface area contributed by atoms with Gasteiger partial charge in [-0.05, 0) is 37.3 Å². The molecule has 0 aliphatic carbocycles. The van der Waals surface area contributed by atoms with Crippen LogP contribution in [0.25, 0.3) is 22.5 Å². The van der Waals surface area contributed by atoms with Gasteiger partial charge < -0.3 is 5.11 Å². The van der Waals surface area contributed by atoms with Crippen LogP contribution in [-0.2, 0) is 0 Å². The smallest absolute Gasteiger partial charge is 0.124 e. The summed E-state index contributed by atoms with van der Waals surface area (Å²) < 4.78 is 0. The summed E-state index contributed by atoms with van der Waals surface area (Å²) in [5.41, 5.74) is 4.41. The molecule has 0 amide bonds. The summed E-state index contributed by atoms with van der Waals surface area (Å²) in [6.45, 7) is 1.99. The number of nitrogens with one attached hydrogen (secondary N) is 1. The van der Waals surface area contributed by atoms with Crippen LogP contribution in [0.3, 0.4) is 0 Å². The predicted octanol–water partition coefficient (Wildman–Crippen LogP) is 4.41. The number of hydrogen-bond donors (Lipinski definition) is 2. The minimum atomic E-state index is 0.238. The van der Waals surface area contributed by atoms with E-state index in [0.717, 1.165) is 28.1 Å². The minimum Gasteiger partial charge on any atom is -0.507 e. The van der Waals surface area contributed by atoms with Gasteiger partial charge in [-0.15, -0.1) is 0 Å². The molecule has 0 saturated heterocycles. The summed E-state index contributed by atoms with van der Waals surface area (Å²) in [5, 5.41) is 17.9. The predicted molar refractivity (Wildman–Crippen MR) is 80.9 cm³/mol. The molecular weight excluding hydrogens is 272 g/mol. The highest BCUT2D eigenvalue weighted by Gasteiger charge is 2.09. The van der Waals surface area contributed by atoms with Gasteiger partial charge in [-0.25, -0.2) is 0 Å². The molecule has 3 rings (SSSR count). The molecule has 0 aliphatic rings. The second-order valence-electron chi connectivity index (χ2n) is 4.69. The van der Waals surface area contributed by atoms with Crippen LogP contribution in [-0.4, -0.2) is 15.3 Å². The van der Waals surface area contributed by atoms with E-state index in [1.54, 1.807) is 6.07 Å². The monoisotopic (exact) mass is 284 g/mol. The number of hydrogen-bond acceptors (Lipinski definition) is 2. The van der Waals surface area contributed by atoms with Crippen molar-refractivity contribution in [2.45, 2.75) is 6.92 Å². The van der Waals surface area contributed by atoms with Gasteiger partial charge in [0.25, 0.3) is 0 Å². The highest BCUT2D eigenvalue weighted by molar-refractivity contribution is 6.30. The lowest BCUT2D eigenvalue weighted by Crippen LogP contribution is -1.81. The Balaban J connectivity index is 2.01. The molecule has 0 saturated carbocycles. The maximum Gasteiger partial charge on any atom is 0.124 e. The van der Waals surface area contributed by atoms with E-state index in [0.29, 0.717) is 5.02 Å². The van der Waals surface area contributed by atoms with Crippen molar-refractivity contribution in [2.75, 3.05) is 0 Å². The van der Waals surface area contributed by atoms with Crippen LogP contribution < -0.4 is 0 Å². The molecule has 0 bridgehead atoms. The number of halogens is 1. The summed E-state index contributed by atoms with van der Waals surface area (Å²) in [6.07, 6.45) is 0. The standard InChI is InChI=1S/C16H13ClN2O/c1-10-2-7-16(20)13(8-10)15-9-14(18-19-15)11-3-5-12(17)6-4-11/h2-9,20H,1H3,(H,18,19). The number of H-pyrrole nitrogens is 1. The van der Waals surface area contributed by atoms with Crippen LogP contribution in [0.4, 0.5) is 0 Å². The van der Waals surface area contributed by atoms with E-state index < -0.39 is 0 Å². The second-order valence-corrected chi connectivity index (χ2v) is 5.13. The normalized spacial score (nSPS) is 10.7. The number of benzene rings is 2. The minimum absolute atomic E-state index is 0.238. The molecule has 0 spiro atoms. The van der Waals surface area contributed by atoms with Crippen molar-refractivity contribution in [1.82, 2.24) is 10.2 Å². The fraction of sp³-hybridized carbons (Fsp3) is 0.0625. The van der Waals surface area contributed by atoms with Gasteiger partial charge in [0.1, 0.15) is 5.75 Å². The van der Waals surface area contributed by atoms with E-state index in [-0.39, 0.29) is 5.75 Å². The Morgan fingerprint density at radius 3 is 2.55 bits per heavy atom. The molecule has 0 fully saturated rings. The van der Waals surface area contributed by atoms with Crippen molar-refractivity contribution in [3.63, 3.8) is 0 Å². The fourth-order valence-corrected chi connectivity index (χ4v) is 2.22. The lowest BCUT2D eigenvalue weighted by molar-refractivity contribution is 0.477. The van der Waals surface area contributed by atoms with Crippen molar-refractivity contribution in [1.29, 1.82) is 0 Å². The lowest BCUT2D eigenvalue weighted by atomic mass is 10.1. The van der Waals surface area contributed by atoms with E-state index >= 15 is 0 Å². The number of aromatic hydroxyl groups is 1. The second kappa shape index (κ2) is 5.02. The first-order valence-electron chi connectivity index (χ1n) is 6.25. The average molecular weight is 285 g/mol. The van der Waals surface area contributed by atoms with Crippen molar-refractivity contribution in [3.8, 4) is 28.3 Å². The summed E-state index contributed by atoms with van der Waals surface area (Å²) in [7, 11) is 0. The number of rotatable bonds is 2. The maximum absolute atomic E-state index is 9.94. The quantitative estimate of drug-likeness (QED) is 0.732. The zero-order valence-corrected chi connectivity index (χ0v) is 11.6. The largest absolute Gasteiger partial charge is 0.507 e. The van der Waals surface area contributed by atoms with Crippen LogP contribution in [0.5, 0.6) is 5.75 Å². The zero-order chi connectivity index (χ0) is 14.1. The molecule has 1 heterocycles. The van der Waals surface area contributed by atoms with Crippen molar-refractivity contribution in [2.24, 2.45) is 0 Å². The molecule has 0 atom stereocenters. The Morgan fingerprint density at radius 2 is 1.80 bits per heavy atom. The zero-order valence-electron chi connectivity index (χ0n) is 10.9. The molecule has 0 aliphatic heterocycles. The third-order valence-electron chi connectivity index (χ3n) is 3.16. The van der Waals surface area contributed by atoms with Crippen LogP contribution in [0.1, 0.15) is 5.56 Å². The topological polar surface area (TPSA) is 48.9 Å². The first-order valence-corrected chi connectivity index (χ1v) is 6.62. The molecule has 3 aromatic rings. The number of nitrogens with zero attached hydrogens (tertiary/aromatic N) is 1. The van der Waals surface area contributed by atoms with Gasteiger partial charge in [0.05, 0.1) is 11.4 Å². The molecule has 0 unspecified atom stereocenters. The van der Waals surface area contributed by atoms with Gasteiger partial charge in [-0.1, -0.05) is 35.4 Å². The van der Waals surface area contributed by atoms with E-state index in [4.69, 9.17) is 11.6 Å². The van der Waals surface area contributed by atoms with Gasteiger partial charge in [0.2, 0.25) is 0 Å². The van der Waals surface area contributed by atoms with Gasteiger partial charge >= 0.3 is 0 Å². The number of phenols is 1. The maximum atomic E-state index is 9.94. The van der Waals surface area contributed by atoms with Gasteiger partial charge in [0.15, 0.2) is 0 Å². The molecule has 3 nitrogen and oxygen atoms in total. The molecule has 0 radical (unpaired) electrons. The Kier molecular flexibility index (Phi) is 3.20. The Bertz CT molecular complexity index is 747. The van der Waals surface area contributed by atoms with Crippen LogP contribution in [0.15, 0.2) is 48.5 Å². The summed E-state index contributed by atoms with van der Waals surface area (Å²) in [6, 6.07) is 14.9. The SMILES string of the molecule is Cc1ccc(O)c(-c2cc(-c3ccc(Cl)cc3)n[nH]2)c1. The number of phenolic OH excluding ortho intramolecular Hbond substituents is 1. The fourth-order valence-electron chi connectivity index (χ4n) is 2.09. The first kappa shape index (κ1) is 12.8. The molecule has 100 valence electrons. The summed E-state index contributed by atoms with van der Waals surface area (Å²) >= 11 is 5.88. The van der Waals surface area contributed by atoms with Crippen LogP contribution in [0.2, 0.25) is 5.02 Å². The summed E-state index contributed by atoms with van der Waals surface area (Å²) in [5.74, 6) is 0.238. The van der Waals surface area contributed by atoms with Crippen LogP contribution in [0, 0.1) is 6.92 Å². The Morgan fingerprint density at radius 1 is 1.05 bits per heavy atom.